The van der Waals surface area contributed by atoms with E-state index in [1.54, 1.807) is 0 Å². The van der Waals surface area contributed by atoms with Crippen LogP contribution in [0.3, 0.4) is 0 Å². The minimum Gasteiger partial charge on any atom is -0.245 e. The Morgan fingerprint density at radius 2 is 2.14 bits per heavy atom. The fourth-order valence-corrected chi connectivity index (χ4v) is 2.04. The molecular weight excluding hydrogens is 174 g/mol. The summed E-state index contributed by atoms with van der Waals surface area (Å²) in [5.41, 5.74) is 3.85. The molecule has 14 heavy (non-hydrogen) atoms. The van der Waals surface area contributed by atoms with Gasteiger partial charge in [-0.1, -0.05) is 29.5 Å². The average molecular weight is 185 g/mol. The van der Waals surface area contributed by atoms with Crippen LogP contribution >= 0.6 is 0 Å². The maximum absolute atomic E-state index is 4.08. The molecule has 0 atom stereocenters. The molecule has 0 saturated heterocycles. The summed E-state index contributed by atoms with van der Waals surface area (Å²) in [5, 5.41) is 8.04. The zero-order valence-electron chi connectivity index (χ0n) is 7.85. The molecule has 0 radical (unpaired) electrons. The summed E-state index contributed by atoms with van der Waals surface area (Å²) in [6.45, 7) is 0.976. The van der Waals surface area contributed by atoms with Crippen molar-refractivity contribution in [3.05, 3.63) is 36.0 Å². The van der Waals surface area contributed by atoms with E-state index in [1.807, 2.05) is 10.9 Å². The lowest BCUT2D eigenvalue weighted by atomic mass is 10.0. The minimum atomic E-state index is 0.976. The summed E-state index contributed by atoms with van der Waals surface area (Å²) in [7, 11) is 0. The smallest absolute Gasteiger partial charge is 0.0888 e. The molecule has 3 heteroatoms. The highest BCUT2D eigenvalue weighted by molar-refractivity contribution is 5.63. The second-order valence-electron chi connectivity index (χ2n) is 3.60. The molecule has 70 valence electrons. The number of hydrogen-bond acceptors (Lipinski definition) is 2. The lowest BCUT2D eigenvalue weighted by Crippen LogP contribution is -2.00. The van der Waals surface area contributed by atoms with E-state index in [1.165, 1.54) is 11.1 Å². The highest BCUT2D eigenvalue weighted by atomic mass is 15.4. The van der Waals surface area contributed by atoms with Crippen LogP contribution in [0, 0.1) is 0 Å². The highest BCUT2D eigenvalue weighted by Crippen LogP contribution is 2.26. The van der Waals surface area contributed by atoms with Crippen LogP contribution in [0.15, 0.2) is 30.5 Å². The van der Waals surface area contributed by atoms with Gasteiger partial charge in [0.2, 0.25) is 0 Å². The molecule has 2 heterocycles. The van der Waals surface area contributed by atoms with Crippen molar-refractivity contribution in [1.82, 2.24) is 15.0 Å². The van der Waals surface area contributed by atoms with E-state index in [0.29, 0.717) is 0 Å². The Hall–Kier alpha value is -1.64. The summed E-state index contributed by atoms with van der Waals surface area (Å²) < 4.78 is 1.99. The van der Waals surface area contributed by atoms with Gasteiger partial charge < -0.3 is 0 Å². The molecule has 1 aromatic carbocycles. The van der Waals surface area contributed by atoms with Crippen LogP contribution in [0.2, 0.25) is 0 Å². The van der Waals surface area contributed by atoms with Gasteiger partial charge in [0.25, 0.3) is 0 Å². The zero-order chi connectivity index (χ0) is 9.38. The van der Waals surface area contributed by atoms with Crippen molar-refractivity contribution in [2.45, 2.75) is 19.4 Å². The van der Waals surface area contributed by atoms with Gasteiger partial charge in [0, 0.05) is 12.1 Å². The molecule has 0 bridgehead atoms. The van der Waals surface area contributed by atoms with E-state index >= 15 is 0 Å². The van der Waals surface area contributed by atoms with Crippen LogP contribution in [0.25, 0.3) is 11.3 Å². The van der Waals surface area contributed by atoms with Crippen molar-refractivity contribution in [2.75, 3.05) is 0 Å². The van der Waals surface area contributed by atoms with Crippen LogP contribution in [0.4, 0.5) is 0 Å². The Morgan fingerprint density at radius 1 is 1.21 bits per heavy atom. The average Bonchev–Trinajstić information content (AvgIpc) is 2.61. The van der Waals surface area contributed by atoms with E-state index in [0.717, 1.165) is 25.1 Å². The molecule has 3 rings (SSSR count). The maximum atomic E-state index is 4.08. The molecule has 1 aromatic heterocycles. The molecule has 1 aliphatic heterocycles. The number of rotatable bonds is 0. The number of hydrogen-bond donors (Lipinski definition) is 0. The fourth-order valence-electron chi connectivity index (χ4n) is 2.04. The van der Waals surface area contributed by atoms with Gasteiger partial charge >= 0.3 is 0 Å². The van der Waals surface area contributed by atoms with Crippen LogP contribution in [-0.4, -0.2) is 15.0 Å². The third kappa shape index (κ3) is 1.05. The highest BCUT2D eigenvalue weighted by Gasteiger charge is 2.13. The number of aromatic nitrogens is 3. The predicted molar refractivity (Wildman–Crippen MR) is 53.8 cm³/mol. The Balaban J connectivity index is 2.27. The molecule has 0 unspecified atom stereocenters. The van der Waals surface area contributed by atoms with Crippen molar-refractivity contribution in [3.63, 3.8) is 0 Å². The molecule has 0 spiro atoms. The van der Waals surface area contributed by atoms with Crippen LogP contribution < -0.4 is 0 Å². The van der Waals surface area contributed by atoms with E-state index in [9.17, 15) is 0 Å². The molecule has 0 fully saturated rings. The molecule has 0 aliphatic carbocycles. The first kappa shape index (κ1) is 7.74. The number of aryl methyl sites for hydroxylation is 2. The zero-order valence-corrected chi connectivity index (χ0v) is 7.85. The normalized spacial score (nSPS) is 14.3. The van der Waals surface area contributed by atoms with Crippen molar-refractivity contribution in [2.24, 2.45) is 0 Å². The summed E-state index contributed by atoms with van der Waals surface area (Å²) >= 11 is 0. The Morgan fingerprint density at radius 3 is 3.14 bits per heavy atom. The third-order valence-corrected chi connectivity index (χ3v) is 2.73. The van der Waals surface area contributed by atoms with Gasteiger partial charge in [-0.25, -0.2) is 4.68 Å². The quantitative estimate of drug-likeness (QED) is 0.627. The molecule has 0 saturated carbocycles. The monoisotopic (exact) mass is 185 g/mol. The molecule has 0 N–H and O–H groups in total. The van der Waals surface area contributed by atoms with Crippen LogP contribution in [0.5, 0.6) is 0 Å². The third-order valence-electron chi connectivity index (χ3n) is 2.73. The molecule has 2 aromatic rings. The first-order valence-corrected chi connectivity index (χ1v) is 4.92. The van der Waals surface area contributed by atoms with Gasteiger partial charge in [-0.2, -0.15) is 0 Å². The van der Waals surface area contributed by atoms with Gasteiger partial charge in [0.05, 0.1) is 11.9 Å². The SMILES string of the molecule is c1ccc2c(c1)CCCn1nncc1-2. The summed E-state index contributed by atoms with van der Waals surface area (Å²) in [6.07, 6.45) is 4.14. The van der Waals surface area contributed by atoms with Gasteiger partial charge in [-0.15, -0.1) is 5.10 Å². The second-order valence-corrected chi connectivity index (χ2v) is 3.60. The van der Waals surface area contributed by atoms with E-state index in [2.05, 4.69) is 34.6 Å². The first-order chi connectivity index (χ1) is 6.95. The Kier molecular flexibility index (Phi) is 1.63. The number of nitrogens with zero attached hydrogens (tertiary/aromatic N) is 3. The molecule has 1 aliphatic rings. The summed E-state index contributed by atoms with van der Waals surface area (Å²) in [4.78, 5) is 0. The number of benzene rings is 1. The maximum Gasteiger partial charge on any atom is 0.0888 e. The Bertz CT molecular complexity index is 459. The van der Waals surface area contributed by atoms with E-state index in [-0.39, 0.29) is 0 Å². The van der Waals surface area contributed by atoms with Gasteiger partial charge in [0.1, 0.15) is 0 Å². The number of fused-ring (bicyclic) bond motifs is 3. The largest absolute Gasteiger partial charge is 0.245 e. The molecule has 0 amide bonds. The van der Waals surface area contributed by atoms with Crippen molar-refractivity contribution >= 4 is 0 Å². The first-order valence-electron chi connectivity index (χ1n) is 4.92. The van der Waals surface area contributed by atoms with Crippen molar-refractivity contribution in [1.29, 1.82) is 0 Å². The minimum absolute atomic E-state index is 0.976. The van der Waals surface area contributed by atoms with E-state index in [4.69, 9.17) is 0 Å². The lowest BCUT2D eigenvalue weighted by molar-refractivity contribution is 0.572. The van der Waals surface area contributed by atoms with Crippen LogP contribution in [0.1, 0.15) is 12.0 Å². The van der Waals surface area contributed by atoms with Gasteiger partial charge in [-0.05, 0) is 18.4 Å². The topological polar surface area (TPSA) is 30.7 Å². The standard InChI is InChI=1S/C11H11N3/c1-2-6-10-9(4-1)5-3-7-14-11(10)8-12-13-14/h1-2,4,6,8H,3,5,7H2. The van der Waals surface area contributed by atoms with Gasteiger partial charge in [0.15, 0.2) is 0 Å². The summed E-state index contributed by atoms with van der Waals surface area (Å²) in [6, 6.07) is 8.51. The van der Waals surface area contributed by atoms with Crippen LogP contribution in [-0.2, 0) is 13.0 Å². The fraction of sp³-hybridized carbons (Fsp3) is 0.273. The van der Waals surface area contributed by atoms with Crippen molar-refractivity contribution in [3.8, 4) is 11.3 Å². The summed E-state index contributed by atoms with van der Waals surface area (Å²) in [5.74, 6) is 0. The van der Waals surface area contributed by atoms with Crippen molar-refractivity contribution < 1.29 is 0 Å². The van der Waals surface area contributed by atoms with Gasteiger partial charge in [-0.3, -0.25) is 0 Å². The Labute approximate surface area is 82.4 Å². The predicted octanol–water partition coefficient (Wildman–Crippen LogP) is 1.89. The molecule has 3 nitrogen and oxygen atoms in total. The lowest BCUT2D eigenvalue weighted by Gasteiger charge is -2.03. The van der Waals surface area contributed by atoms with E-state index < -0.39 is 0 Å². The molecular formula is C11H11N3. The second kappa shape index (κ2) is 2.94.